The number of halogens is 5. The predicted molar refractivity (Wildman–Crippen MR) is 161 cm³/mol. The lowest BCUT2D eigenvalue weighted by Gasteiger charge is -2.49. The third-order valence-corrected chi connectivity index (χ3v) is 8.80. The molecule has 3 aromatic rings. The molecule has 42 heavy (non-hydrogen) atoms. The van der Waals surface area contributed by atoms with E-state index in [2.05, 4.69) is 44.9 Å². The van der Waals surface area contributed by atoms with Crippen molar-refractivity contribution in [3.8, 4) is 0 Å². The van der Waals surface area contributed by atoms with Gasteiger partial charge in [-0.1, -0.05) is 41.4 Å². The van der Waals surface area contributed by atoms with Crippen LogP contribution < -0.4 is 26.4 Å². The molecule has 0 unspecified atom stereocenters. The molecule has 2 fully saturated rings. The Labute approximate surface area is 252 Å². The minimum absolute atomic E-state index is 0.137. The summed E-state index contributed by atoms with van der Waals surface area (Å²) in [5.41, 5.74) is -1.07. The standard InChI is InChI=1S/C29H33Cl2F3N6O2/c1-17-14-40(18(2)13-39(17)21-7-9-38(10-8-21)15-19-5-3-4-6-22(19)30)28-23(31)11-20(12-35-28)37-25-24(26(41)27(25)42)36-16-29(32,33)34/h3-6,11-12,17-18,21,36-37H,7-10,13-16H2,1-2H3/t17-,18+/m1/s1. The average Bonchev–Trinajstić information content (AvgIpc) is 2.95. The second-order valence-corrected chi connectivity index (χ2v) is 12.0. The van der Waals surface area contributed by atoms with Crippen LogP contribution in [0.4, 0.5) is 36.1 Å². The number of anilines is 4. The predicted octanol–water partition coefficient (Wildman–Crippen LogP) is 5.27. The van der Waals surface area contributed by atoms with E-state index in [-0.39, 0.29) is 17.8 Å². The maximum absolute atomic E-state index is 12.6. The molecule has 2 atom stereocenters. The molecule has 8 nitrogen and oxygen atoms in total. The molecule has 0 saturated carbocycles. The van der Waals surface area contributed by atoms with Crippen molar-refractivity contribution in [2.75, 3.05) is 48.3 Å². The van der Waals surface area contributed by atoms with Gasteiger partial charge in [-0.25, -0.2) is 4.98 Å². The second-order valence-electron chi connectivity index (χ2n) is 11.2. The molecule has 226 valence electrons. The quantitative estimate of drug-likeness (QED) is 0.328. The van der Waals surface area contributed by atoms with E-state index in [4.69, 9.17) is 23.2 Å². The van der Waals surface area contributed by atoms with E-state index < -0.39 is 29.3 Å². The molecule has 2 aliphatic rings. The molecule has 2 saturated heterocycles. The van der Waals surface area contributed by atoms with Gasteiger partial charge in [-0.05, 0) is 57.5 Å². The summed E-state index contributed by atoms with van der Waals surface area (Å²) >= 11 is 13.0. The number of piperidine rings is 1. The molecular formula is C29H33Cl2F3N6O2. The third kappa shape index (κ3) is 6.69. The number of rotatable bonds is 8. The van der Waals surface area contributed by atoms with Gasteiger partial charge in [0.15, 0.2) is 0 Å². The number of benzene rings is 1. The minimum Gasteiger partial charge on any atom is -0.371 e. The van der Waals surface area contributed by atoms with Crippen LogP contribution in [0.5, 0.6) is 0 Å². The molecular weight excluding hydrogens is 592 g/mol. The van der Waals surface area contributed by atoms with Gasteiger partial charge in [0.1, 0.15) is 23.7 Å². The van der Waals surface area contributed by atoms with Crippen LogP contribution in [0.3, 0.4) is 0 Å². The van der Waals surface area contributed by atoms with Crippen molar-refractivity contribution in [3.05, 3.63) is 72.6 Å². The zero-order valence-electron chi connectivity index (χ0n) is 23.3. The Hall–Kier alpha value is -2.86. The Balaban J connectivity index is 1.19. The van der Waals surface area contributed by atoms with E-state index in [0.29, 0.717) is 22.6 Å². The summed E-state index contributed by atoms with van der Waals surface area (Å²) in [7, 11) is 0. The highest BCUT2D eigenvalue weighted by Crippen LogP contribution is 2.33. The lowest BCUT2D eigenvalue weighted by atomic mass is 9.97. The molecule has 0 aliphatic carbocycles. The maximum atomic E-state index is 12.6. The van der Waals surface area contributed by atoms with Gasteiger partial charge in [0, 0.05) is 42.8 Å². The fourth-order valence-corrected chi connectivity index (χ4v) is 6.43. The lowest BCUT2D eigenvalue weighted by Crippen LogP contribution is -2.61. The number of likely N-dealkylation sites (tertiary alicyclic amines) is 1. The molecule has 2 aliphatic heterocycles. The maximum Gasteiger partial charge on any atom is 0.405 e. The Morgan fingerprint density at radius 3 is 2.33 bits per heavy atom. The van der Waals surface area contributed by atoms with Crippen LogP contribution in [-0.2, 0) is 6.54 Å². The van der Waals surface area contributed by atoms with Crippen LogP contribution >= 0.6 is 23.2 Å². The number of aromatic nitrogens is 1. The summed E-state index contributed by atoms with van der Waals surface area (Å²) in [6, 6.07) is 10.4. The highest BCUT2D eigenvalue weighted by atomic mass is 35.5. The van der Waals surface area contributed by atoms with Crippen molar-refractivity contribution >= 4 is 46.1 Å². The van der Waals surface area contributed by atoms with Gasteiger partial charge >= 0.3 is 6.18 Å². The highest BCUT2D eigenvalue weighted by molar-refractivity contribution is 6.33. The molecule has 2 aromatic carbocycles. The first-order chi connectivity index (χ1) is 19.9. The molecule has 1 aromatic heterocycles. The van der Waals surface area contributed by atoms with Crippen molar-refractivity contribution in [2.45, 2.75) is 57.5 Å². The first-order valence-electron chi connectivity index (χ1n) is 14.0. The Kier molecular flexibility index (Phi) is 9.03. The molecule has 3 heterocycles. The molecule has 13 heteroatoms. The van der Waals surface area contributed by atoms with Gasteiger partial charge in [0.2, 0.25) is 0 Å². The van der Waals surface area contributed by atoms with Crippen LogP contribution in [0.1, 0.15) is 32.3 Å². The Morgan fingerprint density at radius 2 is 1.67 bits per heavy atom. The fourth-order valence-electron chi connectivity index (χ4n) is 5.96. The van der Waals surface area contributed by atoms with E-state index in [9.17, 15) is 22.8 Å². The Bertz CT molecular complexity index is 1490. The number of piperazine rings is 1. The van der Waals surface area contributed by atoms with Crippen LogP contribution in [0.2, 0.25) is 10.0 Å². The van der Waals surface area contributed by atoms with Crippen LogP contribution in [0.15, 0.2) is 46.1 Å². The SMILES string of the molecule is C[C@@H]1CN(c2ncc(Nc3c(NCC(F)(F)F)c(=O)c3=O)cc2Cl)[C@@H](C)CN1C1CCN(Cc2ccccc2Cl)CC1. The van der Waals surface area contributed by atoms with E-state index in [1.165, 1.54) is 6.20 Å². The number of pyridine rings is 1. The fraction of sp³-hybridized carbons (Fsp3) is 0.483. The number of hydrogen-bond acceptors (Lipinski definition) is 8. The average molecular weight is 626 g/mol. The van der Waals surface area contributed by atoms with Gasteiger partial charge < -0.3 is 15.5 Å². The molecule has 0 bridgehead atoms. The largest absolute Gasteiger partial charge is 0.405 e. The van der Waals surface area contributed by atoms with E-state index >= 15 is 0 Å². The van der Waals surface area contributed by atoms with Gasteiger partial charge in [-0.3, -0.25) is 19.4 Å². The van der Waals surface area contributed by atoms with Crippen molar-refractivity contribution in [1.29, 1.82) is 0 Å². The number of nitrogens with one attached hydrogen (secondary N) is 2. The normalized spacial score (nSPS) is 21.2. The van der Waals surface area contributed by atoms with E-state index in [1.54, 1.807) is 6.07 Å². The minimum atomic E-state index is -4.53. The monoisotopic (exact) mass is 624 g/mol. The van der Waals surface area contributed by atoms with Crippen LogP contribution in [0.25, 0.3) is 0 Å². The lowest BCUT2D eigenvalue weighted by molar-refractivity contribution is -0.115. The zero-order valence-corrected chi connectivity index (χ0v) is 24.9. The van der Waals surface area contributed by atoms with Gasteiger partial charge in [0.05, 0.1) is 16.9 Å². The Morgan fingerprint density at radius 1 is 0.976 bits per heavy atom. The van der Waals surface area contributed by atoms with Gasteiger partial charge in [-0.15, -0.1) is 0 Å². The number of hydrogen-bond donors (Lipinski definition) is 2. The summed E-state index contributed by atoms with van der Waals surface area (Å²) in [5, 5.41) is 5.84. The third-order valence-electron chi connectivity index (χ3n) is 8.15. The highest BCUT2D eigenvalue weighted by Gasteiger charge is 2.36. The summed E-state index contributed by atoms with van der Waals surface area (Å²) in [5.74, 6) is 0.594. The summed E-state index contributed by atoms with van der Waals surface area (Å²) in [4.78, 5) is 35.5. The van der Waals surface area contributed by atoms with Crippen LogP contribution in [0, 0.1) is 0 Å². The molecule has 0 radical (unpaired) electrons. The smallest absolute Gasteiger partial charge is 0.371 e. The van der Waals surface area contributed by atoms with Crippen molar-refractivity contribution in [3.63, 3.8) is 0 Å². The van der Waals surface area contributed by atoms with Gasteiger partial charge in [-0.2, -0.15) is 13.2 Å². The molecule has 5 rings (SSSR count). The van der Waals surface area contributed by atoms with Crippen molar-refractivity contribution in [2.24, 2.45) is 0 Å². The van der Waals surface area contributed by atoms with Crippen molar-refractivity contribution < 1.29 is 13.2 Å². The second kappa shape index (κ2) is 12.4. The molecule has 2 N–H and O–H groups in total. The van der Waals surface area contributed by atoms with E-state index in [0.717, 1.165) is 56.2 Å². The van der Waals surface area contributed by atoms with Crippen molar-refractivity contribution in [1.82, 2.24) is 14.8 Å². The zero-order chi connectivity index (χ0) is 30.2. The number of nitrogens with zero attached hydrogens (tertiary/aromatic N) is 4. The number of alkyl halides is 3. The van der Waals surface area contributed by atoms with E-state index in [1.807, 2.05) is 23.5 Å². The summed E-state index contributed by atoms with van der Waals surface area (Å²) in [6.45, 7) is 7.38. The molecule has 0 amide bonds. The van der Waals surface area contributed by atoms with Gasteiger partial charge in [0.25, 0.3) is 10.9 Å². The summed E-state index contributed by atoms with van der Waals surface area (Å²) < 4.78 is 37.7. The van der Waals surface area contributed by atoms with Crippen LogP contribution in [-0.4, -0.2) is 71.8 Å². The molecule has 0 spiro atoms. The first kappa shape index (κ1) is 30.6. The topological polar surface area (TPSA) is 80.8 Å². The summed E-state index contributed by atoms with van der Waals surface area (Å²) in [6.07, 6.45) is -0.907. The first-order valence-corrected chi connectivity index (χ1v) is 14.7.